The minimum absolute atomic E-state index is 0.796. The third-order valence-corrected chi connectivity index (χ3v) is 10.4. The maximum atomic E-state index is 2.41. The van der Waals surface area contributed by atoms with Crippen molar-refractivity contribution in [2.24, 2.45) is 34.5 Å². The molecule has 5 fully saturated rings. The van der Waals surface area contributed by atoms with Crippen LogP contribution in [0, 0.1) is 34.5 Å². The van der Waals surface area contributed by atoms with E-state index in [2.05, 4.69) is 13.8 Å². The molecule has 0 heterocycles. The monoisotopic (exact) mass is 372 g/mol. The average molecular weight is 373 g/mol. The van der Waals surface area contributed by atoms with Crippen molar-refractivity contribution in [1.29, 1.82) is 0 Å². The van der Waals surface area contributed by atoms with Gasteiger partial charge in [-0.25, -0.2) is 0 Å². The van der Waals surface area contributed by atoms with E-state index in [4.69, 9.17) is 0 Å². The Morgan fingerprint density at radius 2 is 1.19 bits per heavy atom. The Labute approximate surface area is 170 Å². The standard InChI is InChI=1S/C27H48/c1-3-5-6-22-7-9-23(10-8-22)24-11-13-25(14-12-24)27-19-16-26(15-4-2,17-20-27)18-21-27/h22-25H,3-21H2,1-2H3/t22-,23-,24?,25?,26?,27?. The molecule has 0 radical (unpaired) electrons. The molecule has 27 heavy (non-hydrogen) atoms. The summed E-state index contributed by atoms with van der Waals surface area (Å²) in [6.07, 6.45) is 29.6. The number of fused-ring (bicyclic) bond motifs is 3. The van der Waals surface area contributed by atoms with Crippen LogP contribution in [-0.2, 0) is 0 Å². The van der Waals surface area contributed by atoms with Gasteiger partial charge in [-0.1, -0.05) is 52.4 Å². The largest absolute Gasteiger partial charge is 0.0654 e. The van der Waals surface area contributed by atoms with E-state index in [1.807, 2.05) is 0 Å². The second-order valence-corrected chi connectivity index (χ2v) is 11.6. The van der Waals surface area contributed by atoms with Gasteiger partial charge in [0.1, 0.15) is 0 Å². The third-order valence-electron chi connectivity index (χ3n) is 10.4. The molecular formula is C27H48. The highest BCUT2D eigenvalue weighted by Crippen LogP contribution is 2.63. The van der Waals surface area contributed by atoms with E-state index < -0.39 is 0 Å². The first kappa shape index (κ1) is 20.3. The van der Waals surface area contributed by atoms with Gasteiger partial charge in [0.2, 0.25) is 0 Å². The first-order chi connectivity index (χ1) is 13.2. The number of rotatable bonds is 7. The van der Waals surface area contributed by atoms with Gasteiger partial charge in [0.15, 0.2) is 0 Å². The maximum absolute atomic E-state index is 2.41. The summed E-state index contributed by atoms with van der Waals surface area (Å²) in [6.45, 7) is 4.76. The van der Waals surface area contributed by atoms with Crippen molar-refractivity contribution in [2.75, 3.05) is 0 Å². The SMILES string of the molecule is CCCC[C@H]1CC[C@H](C2CCC(C34CCC(CCC)(CC3)CC4)CC2)CC1. The fraction of sp³-hybridized carbons (Fsp3) is 1.00. The van der Waals surface area contributed by atoms with Crippen LogP contribution in [-0.4, -0.2) is 0 Å². The van der Waals surface area contributed by atoms with Crippen molar-refractivity contribution in [3.63, 3.8) is 0 Å². The van der Waals surface area contributed by atoms with Gasteiger partial charge >= 0.3 is 0 Å². The van der Waals surface area contributed by atoms with Crippen molar-refractivity contribution in [3.05, 3.63) is 0 Å². The molecule has 0 N–H and O–H groups in total. The Kier molecular flexibility index (Phi) is 6.60. The molecule has 0 aliphatic heterocycles. The van der Waals surface area contributed by atoms with Gasteiger partial charge in [-0.05, 0) is 118 Å². The summed E-state index contributed by atoms with van der Waals surface area (Å²) in [6, 6.07) is 0. The van der Waals surface area contributed by atoms with Gasteiger partial charge in [-0.3, -0.25) is 0 Å². The van der Waals surface area contributed by atoms with E-state index in [-0.39, 0.29) is 0 Å². The molecule has 0 nitrogen and oxygen atoms in total. The molecule has 0 unspecified atom stereocenters. The van der Waals surface area contributed by atoms with Crippen LogP contribution in [0.15, 0.2) is 0 Å². The Bertz CT molecular complexity index is 422. The molecule has 5 saturated carbocycles. The second-order valence-electron chi connectivity index (χ2n) is 11.6. The maximum Gasteiger partial charge on any atom is -0.0269 e. The predicted molar refractivity (Wildman–Crippen MR) is 118 cm³/mol. The summed E-state index contributed by atoms with van der Waals surface area (Å²) in [5.41, 5.74) is 1.60. The van der Waals surface area contributed by atoms with Crippen LogP contribution in [0.2, 0.25) is 0 Å². The molecule has 0 spiro atoms. The molecule has 0 amide bonds. The van der Waals surface area contributed by atoms with Crippen LogP contribution in [0.4, 0.5) is 0 Å². The minimum atomic E-state index is 0.796. The topological polar surface area (TPSA) is 0 Å². The Balaban J connectivity index is 1.23. The predicted octanol–water partition coefficient (Wildman–Crippen LogP) is 8.93. The zero-order valence-electron chi connectivity index (χ0n) is 18.7. The van der Waals surface area contributed by atoms with E-state index in [1.165, 1.54) is 32.1 Å². The second kappa shape index (κ2) is 8.79. The van der Waals surface area contributed by atoms with E-state index >= 15 is 0 Å². The van der Waals surface area contributed by atoms with E-state index in [0.717, 1.165) is 34.5 Å². The molecule has 0 aromatic carbocycles. The Morgan fingerprint density at radius 1 is 0.630 bits per heavy atom. The highest BCUT2D eigenvalue weighted by Gasteiger charge is 2.51. The van der Waals surface area contributed by atoms with Crippen LogP contribution < -0.4 is 0 Å². The van der Waals surface area contributed by atoms with Gasteiger partial charge < -0.3 is 0 Å². The molecule has 156 valence electrons. The van der Waals surface area contributed by atoms with Crippen molar-refractivity contribution < 1.29 is 0 Å². The van der Waals surface area contributed by atoms with Crippen molar-refractivity contribution in [2.45, 2.75) is 136 Å². The average Bonchev–Trinajstić information content (AvgIpc) is 2.74. The molecule has 2 bridgehead atoms. The summed E-state index contributed by atoms with van der Waals surface area (Å²) < 4.78 is 0. The summed E-state index contributed by atoms with van der Waals surface area (Å²) in [5.74, 6) is 4.41. The Morgan fingerprint density at radius 3 is 1.70 bits per heavy atom. The number of hydrogen-bond donors (Lipinski definition) is 0. The molecule has 5 aliphatic rings. The van der Waals surface area contributed by atoms with Crippen LogP contribution in [0.3, 0.4) is 0 Å². The summed E-state index contributed by atoms with van der Waals surface area (Å²) in [4.78, 5) is 0. The molecule has 0 saturated heterocycles. The van der Waals surface area contributed by atoms with Gasteiger partial charge in [-0.15, -0.1) is 0 Å². The lowest BCUT2D eigenvalue weighted by molar-refractivity contribution is -0.0674. The Hall–Kier alpha value is 0. The zero-order valence-corrected chi connectivity index (χ0v) is 18.7. The minimum Gasteiger partial charge on any atom is -0.0654 e. The fourth-order valence-electron chi connectivity index (χ4n) is 8.45. The molecule has 5 aliphatic carbocycles. The van der Waals surface area contributed by atoms with Crippen molar-refractivity contribution in [1.82, 2.24) is 0 Å². The molecule has 0 aromatic heterocycles. The van der Waals surface area contributed by atoms with Gasteiger partial charge in [0.25, 0.3) is 0 Å². The van der Waals surface area contributed by atoms with Crippen molar-refractivity contribution >= 4 is 0 Å². The van der Waals surface area contributed by atoms with Gasteiger partial charge in [0.05, 0.1) is 0 Å². The lowest BCUT2D eigenvalue weighted by Gasteiger charge is -2.58. The molecule has 5 rings (SSSR count). The number of unbranched alkanes of at least 4 members (excludes halogenated alkanes) is 1. The van der Waals surface area contributed by atoms with Crippen molar-refractivity contribution in [3.8, 4) is 0 Å². The molecule has 0 aromatic rings. The van der Waals surface area contributed by atoms with E-state index in [9.17, 15) is 0 Å². The quantitative estimate of drug-likeness (QED) is 0.418. The highest BCUT2D eigenvalue weighted by molar-refractivity contribution is 5.02. The molecule has 0 atom stereocenters. The molecular weight excluding hydrogens is 324 g/mol. The van der Waals surface area contributed by atoms with Gasteiger partial charge in [-0.2, -0.15) is 0 Å². The van der Waals surface area contributed by atoms with Gasteiger partial charge in [0, 0.05) is 0 Å². The molecule has 0 heteroatoms. The summed E-state index contributed by atoms with van der Waals surface area (Å²) >= 11 is 0. The number of hydrogen-bond acceptors (Lipinski definition) is 0. The van der Waals surface area contributed by atoms with E-state index in [1.54, 1.807) is 89.9 Å². The van der Waals surface area contributed by atoms with E-state index in [0.29, 0.717) is 0 Å². The fourth-order valence-corrected chi connectivity index (χ4v) is 8.45. The highest BCUT2D eigenvalue weighted by atomic mass is 14.6. The van der Waals surface area contributed by atoms with Crippen LogP contribution in [0.25, 0.3) is 0 Å². The normalized spacial score (nSPS) is 45.1. The summed E-state index contributed by atoms with van der Waals surface area (Å²) in [7, 11) is 0. The first-order valence-electron chi connectivity index (χ1n) is 13.2. The van der Waals surface area contributed by atoms with Crippen LogP contribution in [0.1, 0.15) is 136 Å². The summed E-state index contributed by atoms with van der Waals surface area (Å²) in [5, 5.41) is 0. The lowest BCUT2D eigenvalue weighted by Crippen LogP contribution is -2.46. The zero-order chi connectivity index (χ0) is 18.7. The van der Waals surface area contributed by atoms with Crippen LogP contribution >= 0.6 is 0 Å². The smallest absolute Gasteiger partial charge is 0.0269 e. The van der Waals surface area contributed by atoms with Crippen LogP contribution in [0.5, 0.6) is 0 Å². The first-order valence-corrected chi connectivity index (χ1v) is 13.2. The third kappa shape index (κ3) is 4.30. The lowest BCUT2D eigenvalue weighted by atomic mass is 9.47.